The third kappa shape index (κ3) is 1.07. The molecule has 0 atom stereocenters. The number of aromatic nitrogens is 2. The quantitative estimate of drug-likeness (QED) is 0.561. The lowest BCUT2D eigenvalue weighted by molar-refractivity contribution is 1.24. The van der Waals surface area contributed by atoms with Crippen LogP contribution in [0.15, 0.2) is 24.4 Å². The van der Waals surface area contributed by atoms with E-state index in [9.17, 15) is 0 Å². The maximum absolute atomic E-state index is 4.08. The van der Waals surface area contributed by atoms with Gasteiger partial charge in [-0.25, -0.2) is 9.97 Å². The molecule has 2 heteroatoms. The van der Waals surface area contributed by atoms with Crippen LogP contribution < -0.4 is 0 Å². The summed E-state index contributed by atoms with van der Waals surface area (Å²) in [6, 6.07) is 5.93. The normalized spacial score (nSPS) is 10.3. The molecule has 0 aromatic carbocycles. The van der Waals surface area contributed by atoms with Crippen molar-refractivity contribution in [3.05, 3.63) is 36.2 Å². The Balaban J connectivity index is 2.83. The molecule has 0 aliphatic rings. The molecule has 0 bridgehead atoms. The Labute approximate surface area is 64.9 Å². The van der Waals surface area contributed by atoms with Crippen LogP contribution in [0.4, 0.5) is 0 Å². The molecule has 2 aromatic rings. The van der Waals surface area contributed by atoms with Crippen molar-refractivity contribution in [3.8, 4) is 0 Å². The van der Waals surface area contributed by atoms with Gasteiger partial charge in [0, 0.05) is 11.6 Å². The van der Waals surface area contributed by atoms with E-state index in [-0.39, 0.29) is 0 Å². The highest BCUT2D eigenvalue weighted by molar-refractivity contribution is 5.74. The molecule has 0 aliphatic heterocycles. The van der Waals surface area contributed by atoms with Gasteiger partial charge in [0.15, 0.2) is 5.65 Å². The molecule has 0 saturated heterocycles. The monoisotopic (exact) mass is 143 g/mol. The standard InChI is InChI=1S/C9H7N2/c1-7-5-8-3-2-4-10-9(8)11-6-7/h2-5H,1H3. The predicted molar refractivity (Wildman–Crippen MR) is 43.1 cm³/mol. The zero-order valence-electron chi connectivity index (χ0n) is 6.20. The first-order chi connectivity index (χ1) is 5.36. The molecule has 53 valence electrons. The second-order valence-electron chi connectivity index (χ2n) is 2.47. The van der Waals surface area contributed by atoms with Crippen molar-refractivity contribution in [1.29, 1.82) is 0 Å². The molecule has 0 aliphatic carbocycles. The van der Waals surface area contributed by atoms with Gasteiger partial charge in [0.1, 0.15) is 0 Å². The van der Waals surface area contributed by atoms with Gasteiger partial charge in [-0.15, -0.1) is 0 Å². The van der Waals surface area contributed by atoms with E-state index in [1.807, 2.05) is 25.1 Å². The number of hydrogen-bond acceptors (Lipinski definition) is 2. The van der Waals surface area contributed by atoms with Gasteiger partial charge >= 0.3 is 0 Å². The summed E-state index contributed by atoms with van der Waals surface area (Å²) in [5.41, 5.74) is 1.81. The van der Waals surface area contributed by atoms with Gasteiger partial charge in [0.05, 0.1) is 6.20 Å². The van der Waals surface area contributed by atoms with Crippen LogP contribution in [-0.2, 0) is 0 Å². The SMILES string of the molecule is Cc1[c]nc2ncccc2c1. The summed E-state index contributed by atoms with van der Waals surface area (Å²) in [5.74, 6) is 0. The van der Waals surface area contributed by atoms with Crippen molar-refractivity contribution in [2.24, 2.45) is 0 Å². The summed E-state index contributed by atoms with van der Waals surface area (Å²) in [4.78, 5) is 8.12. The van der Waals surface area contributed by atoms with Crippen LogP contribution in [0.25, 0.3) is 11.0 Å². The van der Waals surface area contributed by atoms with Crippen LogP contribution in [0, 0.1) is 13.1 Å². The second kappa shape index (κ2) is 2.31. The maximum Gasteiger partial charge on any atom is 0.159 e. The van der Waals surface area contributed by atoms with E-state index in [1.54, 1.807) is 6.20 Å². The number of hydrogen-bond donors (Lipinski definition) is 0. The fraction of sp³-hybridized carbons (Fsp3) is 0.111. The smallest absolute Gasteiger partial charge is 0.159 e. The maximum atomic E-state index is 4.08. The molecule has 2 rings (SSSR count). The average Bonchev–Trinajstić information content (AvgIpc) is 2.04. The van der Waals surface area contributed by atoms with Gasteiger partial charge in [0.2, 0.25) is 0 Å². The third-order valence-electron chi connectivity index (χ3n) is 1.53. The lowest BCUT2D eigenvalue weighted by Crippen LogP contribution is -1.83. The molecule has 2 heterocycles. The minimum atomic E-state index is 0.762. The first-order valence-electron chi connectivity index (χ1n) is 3.46. The van der Waals surface area contributed by atoms with Crippen molar-refractivity contribution < 1.29 is 0 Å². The summed E-state index contributed by atoms with van der Waals surface area (Å²) in [6.07, 6.45) is 4.60. The van der Waals surface area contributed by atoms with Crippen LogP contribution in [0.5, 0.6) is 0 Å². The molecular weight excluding hydrogens is 136 g/mol. The molecule has 2 nitrogen and oxygen atoms in total. The van der Waals surface area contributed by atoms with E-state index in [0.29, 0.717) is 0 Å². The molecule has 0 spiro atoms. The van der Waals surface area contributed by atoms with E-state index < -0.39 is 0 Å². The number of nitrogens with zero attached hydrogens (tertiary/aromatic N) is 2. The average molecular weight is 143 g/mol. The molecular formula is C9H7N2. The van der Waals surface area contributed by atoms with Crippen molar-refractivity contribution in [2.75, 3.05) is 0 Å². The molecule has 0 N–H and O–H groups in total. The molecule has 0 saturated carbocycles. The topological polar surface area (TPSA) is 25.8 Å². The van der Waals surface area contributed by atoms with Crippen LogP contribution in [0.1, 0.15) is 5.56 Å². The lowest BCUT2D eigenvalue weighted by atomic mass is 10.2. The molecule has 2 aromatic heterocycles. The molecule has 0 unspecified atom stereocenters. The van der Waals surface area contributed by atoms with E-state index in [2.05, 4.69) is 16.2 Å². The Morgan fingerprint density at radius 2 is 2.36 bits per heavy atom. The van der Waals surface area contributed by atoms with Crippen molar-refractivity contribution >= 4 is 11.0 Å². The van der Waals surface area contributed by atoms with Gasteiger partial charge in [-0.2, -0.15) is 0 Å². The molecule has 0 fully saturated rings. The Morgan fingerprint density at radius 1 is 1.45 bits per heavy atom. The van der Waals surface area contributed by atoms with Gasteiger partial charge in [-0.05, 0) is 30.7 Å². The first-order valence-corrected chi connectivity index (χ1v) is 3.46. The zero-order valence-corrected chi connectivity index (χ0v) is 6.20. The Bertz CT molecular complexity index is 382. The van der Waals surface area contributed by atoms with Crippen LogP contribution in [-0.4, -0.2) is 9.97 Å². The lowest BCUT2D eigenvalue weighted by Gasteiger charge is -1.94. The third-order valence-corrected chi connectivity index (χ3v) is 1.53. The van der Waals surface area contributed by atoms with Gasteiger partial charge in [-0.1, -0.05) is 0 Å². The fourth-order valence-electron chi connectivity index (χ4n) is 1.02. The predicted octanol–water partition coefficient (Wildman–Crippen LogP) is 1.74. The largest absolute Gasteiger partial charge is 0.237 e. The van der Waals surface area contributed by atoms with Crippen LogP contribution in [0.3, 0.4) is 0 Å². The number of aryl methyl sites for hydroxylation is 1. The summed E-state index contributed by atoms with van der Waals surface area (Å²) in [5, 5.41) is 1.07. The summed E-state index contributed by atoms with van der Waals surface area (Å²) in [6.45, 7) is 1.97. The van der Waals surface area contributed by atoms with Crippen LogP contribution in [0.2, 0.25) is 0 Å². The first kappa shape index (κ1) is 6.28. The molecule has 0 amide bonds. The summed E-state index contributed by atoms with van der Waals surface area (Å²) >= 11 is 0. The van der Waals surface area contributed by atoms with E-state index in [1.165, 1.54) is 0 Å². The highest BCUT2D eigenvalue weighted by atomic mass is 14.8. The minimum absolute atomic E-state index is 0.762. The molecule has 1 radical (unpaired) electrons. The number of fused-ring (bicyclic) bond motifs is 1. The van der Waals surface area contributed by atoms with E-state index >= 15 is 0 Å². The summed E-state index contributed by atoms with van der Waals surface area (Å²) < 4.78 is 0. The fourth-order valence-corrected chi connectivity index (χ4v) is 1.02. The Morgan fingerprint density at radius 3 is 3.27 bits per heavy atom. The minimum Gasteiger partial charge on any atom is -0.237 e. The number of pyridine rings is 2. The van der Waals surface area contributed by atoms with E-state index in [0.717, 1.165) is 16.6 Å². The van der Waals surface area contributed by atoms with Gasteiger partial charge in [0.25, 0.3) is 0 Å². The Hall–Kier alpha value is -1.44. The molecule has 11 heavy (non-hydrogen) atoms. The number of rotatable bonds is 0. The summed E-state index contributed by atoms with van der Waals surface area (Å²) in [7, 11) is 0. The highest BCUT2D eigenvalue weighted by Crippen LogP contribution is 2.08. The van der Waals surface area contributed by atoms with Crippen molar-refractivity contribution in [2.45, 2.75) is 6.92 Å². The zero-order chi connectivity index (χ0) is 7.68. The highest BCUT2D eigenvalue weighted by Gasteiger charge is 1.93. The van der Waals surface area contributed by atoms with Crippen molar-refractivity contribution in [1.82, 2.24) is 9.97 Å². The van der Waals surface area contributed by atoms with Crippen LogP contribution >= 0.6 is 0 Å². The second-order valence-corrected chi connectivity index (χ2v) is 2.47. The van der Waals surface area contributed by atoms with Crippen molar-refractivity contribution in [3.63, 3.8) is 0 Å². The van der Waals surface area contributed by atoms with Gasteiger partial charge in [-0.3, -0.25) is 0 Å². The van der Waals surface area contributed by atoms with Gasteiger partial charge < -0.3 is 0 Å². The Kier molecular flexibility index (Phi) is 1.32. The van der Waals surface area contributed by atoms with E-state index in [4.69, 9.17) is 0 Å².